The highest BCUT2D eigenvalue weighted by atomic mass is 19.1. The minimum absolute atomic E-state index is 0.208. The Hall–Kier alpha value is -3.15. The van der Waals surface area contributed by atoms with Gasteiger partial charge >= 0.3 is 5.97 Å². The Labute approximate surface area is 180 Å². The van der Waals surface area contributed by atoms with E-state index in [9.17, 15) is 9.90 Å². The number of aromatic nitrogens is 1. The summed E-state index contributed by atoms with van der Waals surface area (Å²) < 4.78 is 15.2. The van der Waals surface area contributed by atoms with Crippen LogP contribution in [0.1, 0.15) is 60.1 Å². The zero-order valence-electron chi connectivity index (χ0n) is 17.7. The van der Waals surface area contributed by atoms with Crippen LogP contribution in [0.25, 0.3) is 10.9 Å². The lowest BCUT2D eigenvalue weighted by Gasteiger charge is -2.53. The van der Waals surface area contributed by atoms with E-state index in [-0.39, 0.29) is 17.4 Å². The molecule has 2 bridgehead atoms. The second-order valence-electron chi connectivity index (χ2n) is 8.81. The molecule has 2 aliphatic rings. The monoisotopic (exact) mass is 419 g/mol. The first-order valence-electron chi connectivity index (χ1n) is 10.9. The number of nitrogens with zero attached hydrogens (tertiary/aromatic N) is 2. The van der Waals surface area contributed by atoms with Gasteiger partial charge in [-0.2, -0.15) is 0 Å². The van der Waals surface area contributed by atoms with Gasteiger partial charge in [-0.05, 0) is 63.3 Å². The Morgan fingerprint density at radius 2 is 1.97 bits per heavy atom. The van der Waals surface area contributed by atoms with Crippen molar-refractivity contribution in [1.82, 2.24) is 4.98 Å². The van der Waals surface area contributed by atoms with Crippen LogP contribution in [0.15, 0.2) is 42.5 Å². The number of hydrogen-bond donors (Lipinski definition) is 2. The lowest BCUT2D eigenvalue weighted by atomic mass is 9.79. The number of rotatable bonds is 5. The summed E-state index contributed by atoms with van der Waals surface area (Å²) >= 11 is 0. The maximum atomic E-state index is 15.2. The van der Waals surface area contributed by atoms with Gasteiger partial charge in [0.1, 0.15) is 11.6 Å². The molecule has 0 spiro atoms. The number of benzene rings is 2. The number of para-hydroxylation sites is 1. The maximum Gasteiger partial charge on any atom is 0.337 e. The van der Waals surface area contributed by atoms with Crippen molar-refractivity contribution in [2.45, 2.75) is 57.7 Å². The molecular formula is C25H26FN3O2. The van der Waals surface area contributed by atoms with Crippen LogP contribution in [0, 0.1) is 12.7 Å². The molecule has 3 heterocycles. The first kappa shape index (κ1) is 19.8. The van der Waals surface area contributed by atoms with Crippen LogP contribution < -0.4 is 10.2 Å². The fraction of sp³-hybridized carbons (Fsp3) is 0.360. The third kappa shape index (κ3) is 3.40. The quantitative estimate of drug-likeness (QED) is 0.557. The van der Waals surface area contributed by atoms with E-state index in [1.54, 1.807) is 30.3 Å². The summed E-state index contributed by atoms with van der Waals surface area (Å²) in [7, 11) is 0. The van der Waals surface area contributed by atoms with Crippen LogP contribution in [0.4, 0.5) is 15.9 Å². The number of pyridine rings is 1. The van der Waals surface area contributed by atoms with Gasteiger partial charge in [-0.25, -0.2) is 14.2 Å². The van der Waals surface area contributed by atoms with E-state index in [4.69, 9.17) is 4.98 Å². The van der Waals surface area contributed by atoms with Crippen molar-refractivity contribution in [3.05, 3.63) is 65.0 Å². The van der Waals surface area contributed by atoms with Gasteiger partial charge in [0.2, 0.25) is 0 Å². The van der Waals surface area contributed by atoms with Crippen molar-refractivity contribution >= 4 is 28.4 Å². The van der Waals surface area contributed by atoms with Crippen molar-refractivity contribution in [2.75, 3.05) is 10.2 Å². The van der Waals surface area contributed by atoms with Gasteiger partial charge in [0, 0.05) is 34.8 Å². The van der Waals surface area contributed by atoms with Gasteiger partial charge in [0.25, 0.3) is 0 Å². The Bertz CT molecular complexity index is 1160. The molecule has 2 saturated heterocycles. The maximum absolute atomic E-state index is 15.2. The molecule has 160 valence electrons. The van der Waals surface area contributed by atoms with Gasteiger partial charge in [0.15, 0.2) is 0 Å². The third-order valence-corrected chi connectivity index (χ3v) is 6.69. The van der Waals surface area contributed by atoms with Crippen molar-refractivity contribution < 1.29 is 14.3 Å². The van der Waals surface area contributed by atoms with E-state index < -0.39 is 5.97 Å². The van der Waals surface area contributed by atoms with Crippen molar-refractivity contribution in [2.24, 2.45) is 0 Å². The van der Waals surface area contributed by atoms with E-state index >= 15 is 4.39 Å². The Morgan fingerprint density at radius 1 is 1.23 bits per heavy atom. The number of halogens is 1. The molecular weight excluding hydrogens is 393 g/mol. The molecule has 2 fully saturated rings. The Morgan fingerprint density at radius 3 is 2.68 bits per heavy atom. The fourth-order valence-corrected chi connectivity index (χ4v) is 5.20. The zero-order chi connectivity index (χ0) is 21.7. The first-order valence-corrected chi connectivity index (χ1v) is 10.9. The highest BCUT2D eigenvalue weighted by Crippen LogP contribution is 2.42. The van der Waals surface area contributed by atoms with Crippen LogP contribution >= 0.6 is 0 Å². The Balaban J connectivity index is 1.57. The van der Waals surface area contributed by atoms with Gasteiger partial charge in [-0.1, -0.05) is 18.2 Å². The predicted octanol–water partition coefficient (Wildman–Crippen LogP) is 5.68. The highest BCUT2D eigenvalue weighted by molar-refractivity contribution is 5.94. The first-order chi connectivity index (χ1) is 14.9. The average molecular weight is 420 g/mol. The summed E-state index contributed by atoms with van der Waals surface area (Å²) in [6.45, 7) is 3.89. The molecule has 2 unspecified atom stereocenters. The lowest BCUT2D eigenvalue weighted by molar-refractivity contribution is 0.0698. The Kier molecular flexibility index (Phi) is 4.80. The predicted molar refractivity (Wildman–Crippen MR) is 120 cm³/mol. The van der Waals surface area contributed by atoms with Crippen LogP contribution in [-0.2, 0) is 0 Å². The fourth-order valence-electron chi connectivity index (χ4n) is 5.20. The van der Waals surface area contributed by atoms with Crippen LogP contribution in [0.3, 0.4) is 0 Å². The summed E-state index contributed by atoms with van der Waals surface area (Å²) in [4.78, 5) is 18.8. The number of carboxylic acids is 1. The number of aryl methyl sites for hydroxylation is 1. The molecule has 3 aromatic rings. The number of hydrogen-bond acceptors (Lipinski definition) is 4. The molecule has 6 heteroatoms. The van der Waals surface area contributed by atoms with Gasteiger partial charge < -0.3 is 15.3 Å². The molecule has 5 rings (SSSR count). The van der Waals surface area contributed by atoms with Gasteiger partial charge in [-0.3, -0.25) is 0 Å². The zero-order valence-corrected chi connectivity index (χ0v) is 17.7. The van der Waals surface area contributed by atoms with Crippen LogP contribution in [0.2, 0.25) is 0 Å². The van der Waals surface area contributed by atoms with Crippen molar-refractivity contribution in [1.29, 1.82) is 0 Å². The largest absolute Gasteiger partial charge is 0.478 e. The summed E-state index contributed by atoms with van der Waals surface area (Å²) in [5, 5.41) is 13.3. The van der Waals surface area contributed by atoms with Crippen molar-refractivity contribution in [3.63, 3.8) is 0 Å². The van der Waals surface area contributed by atoms with Gasteiger partial charge in [-0.15, -0.1) is 0 Å². The summed E-state index contributed by atoms with van der Waals surface area (Å²) in [6, 6.07) is 12.9. The number of anilines is 2. The molecule has 2 aliphatic heterocycles. The normalized spacial score (nSPS) is 20.9. The number of fused-ring (bicyclic) bond motifs is 3. The molecule has 0 saturated carbocycles. The molecule has 2 aromatic carbocycles. The van der Waals surface area contributed by atoms with Crippen LogP contribution in [-0.4, -0.2) is 28.1 Å². The van der Waals surface area contributed by atoms with Crippen molar-refractivity contribution in [3.8, 4) is 0 Å². The highest BCUT2D eigenvalue weighted by Gasteiger charge is 2.42. The number of nitrogens with one attached hydrogen (secondary N) is 1. The van der Waals surface area contributed by atoms with E-state index in [2.05, 4.69) is 10.2 Å². The number of aromatic carboxylic acids is 1. The second kappa shape index (κ2) is 7.52. The molecule has 5 nitrogen and oxygen atoms in total. The van der Waals surface area contributed by atoms with E-state index in [0.29, 0.717) is 34.5 Å². The van der Waals surface area contributed by atoms with Crippen LogP contribution in [0.5, 0.6) is 0 Å². The third-order valence-electron chi connectivity index (χ3n) is 6.69. The SMILES string of the molecule is Cc1cc([C@@H](C)Nc2ccccc2C(=O)O)c2nc(N3C4CCCC3C4)cc(F)c2c1. The average Bonchev–Trinajstić information content (AvgIpc) is 2.74. The summed E-state index contributed by atoms with van der Waals surface area (Å²) in [5.41, 5.74) is 3.18. The number of piperidine rings is 1. The van der Waals surface area contributed by atoms with E-state index in [1.807, 2.05) is 26.0 Å². The summed E-state index contributed by atoms with van der Waals surface area (Å²) in [5.74, 6) is -0.526. The number of carboxylic acid groups (broad SMARTS) is 1. The molecule has 0 aliphatic carbocycles. The molecule has 31 heavy (non-hydrogen) atoms. The summed E-state index contributed by atoms with van der Waals surface area (Å²) in [6.07, 6.45) is 4.69. The molecule has 2 N–H and O–H groups in total. The topological polar surface area (TPSA) is 65.5 Å². The standard InChI is InChI=1S/C25H26FN3O2/c1-14-10-19(15(2)27-22-9-4-3-8-18(22)25(30)31)24-20(11-14)21(26)13-23(28-24)29-16-6-5-7-17(29)12-16/h3-4,8-11,13,15-17,27H,5-7,12H2,1-2H3,(H,30,31)/t15-,16?,17?/m1/s1. The minimum atomic E-state index is -0.986. The second-order valence-corrected chi connectivity index (χ2v) is 8.81. The lowest BCUT2D eigenvalue weighted by Crippen LogP contribution is -2.59. The minimum Gasteiger partial charge on any atom is -0.478 e. The smallest absolute Gasteiger partial charge is 0.337 e. The number of carbonyl (C=O) groups is 1. The molecule has 1 aromatic heterocycles. The molecule has 0 radical (unpaired) electrons. The molecule has 3 atom stereocenters. The van der Waals surface area contributed by atoms with E-state index in [1.165, 1.54) is 12.8 Å². The molecule has 0 amide bonds. The van der Waals surface area contributed by atoms with E-state index in [0.717, 1.165) is 24.0 Å². The van der Waals surface area contributed by atoms with Gasteiger partial charge in [0.05, 0.1) is 17.1 Å².